The summed E-state index contributed by atoms with van der Waals surface area (Å²) in [5.74, 6) is 7.61. The van der Waals surface area contributed by atoms with Crippen molar-refractivity contribution in [2.24, 2.45) is 5.41 Å². The molecule has 9 rings (SSSR count). The van der Waals surface area contributed by atoms with E-state index in [4.69, 9.17) is 11.8 Å². The van der Waals surface area contributed by atoms with Gasteiger partial charge in [-0.1, -0.05) is 98.3 Å². The maximum atomic E-state index is 8.80. The molecule has 299 valence electrons. The second-order valence-corrected chi connectivity index (χ2v) is 28.3. The molecular formula is C54H53GeIrN3-2. The van der Waals surface area contributed by atoms with Crippen LogP contribution in [0, 0.1) is 24.4 Å². The van der Waals surface area contributed by atoms with Crippen LogP contribution in [0.4, 0.5) is 0 Å². The van der Waals surface area contributed by atoms with Crippen molar-refractivity contribution in [2.75, 3.05) is 0 Å². The predicted octanol–water partition coefficient (Wildman–Crippen LogP) is 13.5. The summed E-state index contributed by atoms with van der Waals surface area (Å²) < 4.78 is 43.4. The molecule has 0 atom stereocenters. The Labute approximate surface area is 374 Å². The van der Waals surface area contributed by atoms with Crippen molar-refractivity contribution in [3.63, 3.8) is 0 Å². The van der Waals surface area contributed by atoms with Gasteiger partial charge in [0.1, 0.15) is 0 Å². The molecule has 6 aromatic carbocycles. The molecule has 0 fully saturated rings. The largest absolute Gasteiger partial charge is 0 e. The van der Waals surface area contributed by atoms with Crippen LogP contribution in [0.2, 0.25) is 17.3 Å². The van der Waals surface area contributed by atoms with Crippen LogP contribution in [-0.2, 0) is 31.9 Å². The number of fused-ring (bicyclic) bond motifs is 4. The van der Waals surface area contributed by atoms with Gasteiger partial charge in [-0.3, -0.25) is 4.98 Å². The number of pyridine rings is 1. The smallest absolute Gasteiger partial charge is 0 e. The molecule has 0 spiro atoms. The average Bonchev–Trinajstić information content (AvgIpc) is 3.75. The van der Waals surface area contributed by atoms with Crippen molar-refractivity contribution >= 4 is 28.7 Å². The molecule has 1 radical (unpaired) electrons. The number of benzene rings is 6. The fraction of sp³-hybridized carbons (Fsp3) is 0.222. The van der Waals surface area contributed by atoms with E-state index in [-0.39, 0.29) is 31.1 Å². The van der Waals surface area contributed by atoms with E-state index in [1.165, 1.54) is 39.4 Å². The van der Waals surface area contributed by atoms with Crippen LogP contribution < -0.4 is 4.40 Å². The van der Waals surface area contributed by atoms with E-state index >= 15 is 0 Å². The van der Waals surface area contributed by atoms with E-state index in [9.17, 15) is 0 Å². The summed E-state index contributed by atoms with van der Waals surface area (Å²) in [6.07, 6.45) is 0.303. The van der Waals surface area contributed by atoms with Gasteiger partial charge in [-0.2, -0.15) is 0 Å². The second-order valence-electron chi connectivity index (χ2n) is 17.7. The van der Waals surface area contributed by atoms with Gasteiger partial charge in [0.15, 0.2) is 0 Å². The van der Waals surface area contributed by atoms with Crippen molar-refractivity contribution in [1.82, 2.24) is 14.5 Å². The molecule has 8 aromatic rings. The molecule has 0 bridgehead atoms. The minimum atomic E-state index is -2.36. The Bertz CT molecular complexity index is 2940. The van der Waals surface area contributed by atoms with Gasteiger partial charge in [-0.25, -0.2) is 0 Å². The number of para-hydroxylation sites is 2. The molecule has 0 aliphatic heterocycles. The quantitative estimate of drug-likeness (QED) is 0.123. The van der Waals surface area contributed by atoms with Gasteiger partial charge in [0.2, 0.25) is 0 Å². The first-order chi connectivity index (χ1) is 29.7. The van der Waals surface area contributed by atoms with Crippen LogP contribution in [0.3, 0.4) is 0 Å². The summed E-state index contributed by atoms with van der Waals surface area (Å²) >= 11 is -2.36. The Kier molecular flexibility index (Phi) is 10.2. The number of nitrogens with zero attached hydrogens (tertiary/aromatic N) is 3. The standard InChI is InChI=1S/C34H25N2.C20H28GeN.Ir/c1-34(2)29-13-7-6-12-27(29)28-22-25(18-21-30(28)34)33-35-31-14-8-9-15-32(31)36(33)26-19-16-24(17-20-26)23-10-4-3-5-11-23;1-15-8-10-16(11-9-15)19-12-17(13-20(2,3)4)18(14-22-19)21(5,6)7;/h3-17,19-22H,1-2H3;8-10,12,14H,13H2,1-7H3;/q2*-1;/i;1D3,13D2;. The SMILES string of the molecule is CC1(C)c2c[c-]c(-c3nc4ccccc4n3-c3ccc(-c4ccccc4)cc3)cc2-c2ccccc21.[2H]C([2H])([2H])c1c[c-]c(-c2cc(C([2H])([2H])C(C)(C)C)[c]([Ge]([CH3])([CH3])[CH3])cn2)cc1.[Ir]. The van der Waals surface area contributed by atoms with Gasteiger partial charge in [0, 0.05) is 25.8 Å². The zero-order valence-corrected chi connectivity index (χ0v) is 39.5. The monoisotopic (exact) mass is 1020 g/mol. The maximum absolute atomic E-state index is 8.80. The minimum Gasteiger partial charge on any atom is 0 e. The van der Waals surface area contributed by atoms with Crippen molar-refractivity contribution in [3.8, 4) is 50.6 Å². The van der Waals surface area contributed by atoms with E-state index in [1.54, 1.807) is 12.1 Å². The molecule has 0 unspecified atom stereocenters. The van der Waals surface area contributed by atoms with Gasteiger partial charge in [-0.15, -0.1) is 29.3 Å². The molecule has 59 heavy (non-hydrogen) atoms. The van der Waals surface area contributed by atoms with Crippen molar-refractivity contribution in [3.05, 3.63) is 180 Å². The van der Waals surface area contributed by atoms with E-state index in [2.05, 4.69) is 162 Å². The van der Waals surface area contributed by atoms with Gasteiger partial charge < -0.3 is 4.57 Å². The number of hydrogen-bond acceptors (Lipinski definition) is 2. The molecule has 3 nitrogen and oxygen atoms in total. The topological polar surface area (TPSA) is 30.7 Å². The number of aryl methyl sites for hydroxylation is 1. The fourth-order valence-electron chi connectivity index (χ4n) is 7.96. The van der Waals surface area contributed by atoms with Gasteiger partial charge >= 0.3 is 145 Å². The van der Waals surface area contributed by atoms with Crippen LogP contribution >= 0.6 is 0 Å². The van der Waals surface area contributed by atoms with Crippen molar-refractivity contribution in [1.29, 1.82) is 0 Å². The second kappa shape index (κ2) is 16.6. The molecule has 2 aromatic heterocycles. The zero-order valence-electron chi connectivity index (χ0n) is 40.0. The summed E-state index contributed by atoms with van der Waals surface area (Å²) in [5, 5.41) is 0. The molecule has 0 amide bonds. The van der Waals surface area contributed by atoms with Crippen LogP contribution in [0.1, 0.15) is 63.7 Å². The zero-order chi connectivity index (χ0) is 45.1. The third-order valence-corrected chi connectivity index (χ3v) is 15.1. The normalized spacial score (nSPS) is 14.6. The van der Waals surface area contributed by atoms with Crippen LogP contribution in [0.5, 0.6) is 0 Å². The van der Waals surface area contributed by atoms with Gasteiger partial charge in [0.05, 0.1) is 16.9 Å². The summed E-state index contributed by atoms with van der Waals surface area (Å²) in [6, 6.07) is 54.0. The number of imidazole rings is 1. The van der Waals surface area contributed by atoms with E-state index in [0.717, 1.165) is 32.5 Å². The molecule has 2 heterocycles. The predicted molar refractivity (Wildman–Crippen MR) is 248 cm³/mol. The minimum absolute atomic E-state index is 0. The maximum Gasteiger partial charge on any atom is 0 e. The molecule has 1 aliphatic rings. The molecule has 5 heteroatoms. The molecule has 1 aliphatic carbocycles. The number of hydrogen-bond donors (Lipinski definition) is 0. The van der Waals surface area contributed by atoms with Crippen molar-refractivity contribution in [2.45, 2.75) is 70.5 Å². The fourth-order valence-corrected chi connectivity index (χ4v) is 10.9. The number of aromatic nitrogens is 3. The summed E-state index contributed by atoms with van der Waals surface area (Å²) in [7, 11) is 0. The third-order valence-electron chi connectivity index (χ3n) is 10.9. The van der Waals surface area contributed by atoms with Crippen LogP contribution in [0.25, 0.3) is 61.6 Å². The Morgan fingerprint density at radius 2 is 1.41 bits per heavy atom. The Balaban J connectivity index is 0.000000197. The van der Waals surface area contributed by atoms with E-state index in [1.807, 2.05) is 39.1 Å². The van der Waals surface area contributed by atoms with Gasteiger partial charge in [0.25, 0.3) is 0 Å². The molecule has 0 N–H and O–H groups in total. The average molecular weight is 1010 g/mol. The first-order valence-corrected chi connectivity index (χ1v) is 27.3. The summed E-state index contributed by atoms with van der Waals surface area (Å²) in [5.41, 5.74) is 13.5. The summed E-state index contributed by atoms with van der Waals surface area (Å²) in [6.45, 7) is 8.15. The Hall–Kier alpha value is -4.87. The first kappa shape index (κ1) is 36.0. The first-order valence-electron chi connectivity index (χ1n) is 22.5. The molecule has 0 saturated heterocycles. The van der Waals surface area contributed by atoms with E-state index < -0.39 is 31.9 Å². The Morgan fingerprint density at radius 3 is 2.10 bits per heavy atom. The van der Waals surface area contributed by atoms with Crippen molar-refractivity contribution < 1.29 is 27.0 Å². The van der Waals surface area contributed by atoms with E-state index in [0.29, 0.717) is 16.8 Å². The van der Waals surface area contributed by atoms with Crippen LogP contribution in [0.15, 0.2) is 146 Å². The molecular weight excluding hydrogens is 955 g/mol. The summed E-state index contributed by atoms with van der Waals surface area (Å²) in [4.78, 5) is 9.66. The van der Waals surface area contributed by atoms with Gasteiger partial charge in [-0.05, 0) is 51.9 Å². The van der Waals surface area contributed by atoms with Crippen LogP contribution in [-0.4, -0.2) is 27.8 Å². The third kappa shape index (κ3) is 8.73. The molecule has 0 saturated carbocycles. The number of rotatable bonds is 6. The Morgan fingerprint density at radius 1 is 0.729 bits per heavy atom.